The highest BCUT2D eigenvalue weighted by molar-refractivity contribution is 6.30. The highest BCUT2D eigenvalue weighted by atomic mass is 35.5. The molecule has 0 bridgehead atoms. The Morgan fingerprint density at radius 3 is 2.75 bits per heavy atom. The SMILES string of the molecule is CC(NC(=O)NCCc1cccc(Cl)c1)C(=O)NCc1ccco1. The highest BCUT2D eigenvalue weighted by Crippen LogP contribution is 2.10. The van der Waals surface area contributed by atoms with Gasteiger partial charge in [0.2, 0.25) is 5.91 Å². The third-order valence-corrected chi connectivity index (χ3v) is 3.58. The van der Waals surface area contributed by atoms with E-state index in [9.17, 15) is 9.59 Å². The predicted molar refractivity (Wildman–Crippen MR) is 91.7 cm³/mol. The van der Waals surface area contributed by atoms with Gasteiger partial charge in [-0.05, 0) is 43.2 Å². The van der Waals surface area contributed by atoms with Crippen LogP contribution in [-0.2, 0) is 17.8 Å². The normalized spacial score (nSPS) is 11.6. The van der Waals surface area contributed by atoms with Gasteiger partial charge in [-0.2, -0.15) is 0 Å². The maximum Gasteiger partial charge on any atom is 0.315 e. The second-order valence-corrected chi connectivity index (χ2v) is 5.74. The van der Waals surface area contributed by atoms with Gasteiger partial charge in [-0.15, -0.1) is 0 Å². The van der Waals surface area contributed by atoms with Crippen LogP contribution in [0.3, 0.4) is 0 Å². The van der Waals surface area contributed by atoms with Crippen molar-refractivity contribution in [2.75, 3.05) is 6.54 Å². The lowest BCUT2D eigenvalue weighted by Crippen LogP contribution is -2.48. The molecule has 0 aliphatic heterocycles. The Labute approximate surface area is 145 Å². The van der Waals surface area contributed by atoms with Gasteiger partial charge in [0.05, 0.1) is 12.8 Å². The minimum atomic E-state index is -0.647. The number of carbonyl (C=O) groups excluding carboxylic acids is 2. The first-order chi connectivity index (χ1) is 11.5. The maximum absolute atomic E-state index is 11.9. The number of urea groups is 1. The van der Waals surface area contributed by atoms with E-state index in [4.69, 9.17) is 16.0 Å². The Morgan fingerprint density at radius 1 is 1.21 bits per heavy atom. The molecular weight excluding hydrogens is 330 g/mol. The molecule has 6 nitrogen and oxygen atoms in total. The van der Waals surface area contributed by atoms with Crippen LogP contribution < -0.4 is 16.0 Å². The number of rotatable bonds is 7. The molecule has 0 saturated carbocycles. The van der Waals surface area contributed by atoms with Crippen LogP contribution in [-0.4, -0.2) is 24.5 Å². The summed E-state index contributed by atoms with van der Waals surface area (Å²) in [6.07, 6.45) is 2.20. The molecule has 0 aliphatic rings. The Balaban J connectivity index is 1.66. The minimum absolute atomic E-state index is 0.281. The zero-order valence-corrected chi connectivity index (χ0v) is 14.1. The first kappa shape index (κ1) is 17.9. The number of halogens is 1. The van der Waals surface area contributed by atoms with Gasteiger partial charge in [-0.1, -0.05) is 23.7 Å². The fourth-order valence-corrected chi connectivity index (χ4v) is 2.28. The number of amides is 3. The van der Waals surface area contributed by atoms with Gasteiger partial charge in [-0.25, -0.2) is 4.79 Å². The van der Waals surface area contributed by atoms with Crippen LogP contribution in [0.15, 0.2) is 47.1 Å². The van der Waals surface area contributed by atoms with E-state index in [0.29, 0.717) is 23.7 Å². The number of nitrogens with one attached hydrogen (secondary N) is 3. The second kappa shape index (κ2) is 8.98. The minimum Gasteiger partial charge on any atom is -0.467 e. The molecule has 2 aromatic rings. The van der Waals surface area contributed by atoms with Crippen molar-refractivity contribution in [3.63, 3.8) is 0 Å². The van der Waals surface area contributed by atoms with Crippen molar-refractivity contribution in [1.82, 2.24) is 16.0 Å². The van der Waals surface area contributed by atoms with Gasteiger partial charge >= 0.3 is 6.03 Å². The van der Waals surface area contributed by atoms with E-state index in [0.717, 1.165) is 5.56 Å². The quantitative estimate of drug-likeness (QED) is 0.718. The third-order valence-electron chi connectivity index (χ3n) is 3.35. The predicted octanol–water partition coefficient (Wildman–Crippen LogP) is 2.48. The van der Waals surface area contributed by atoms with E-state index < -0.39 is 12.1 Å². The fraction of sp³-hybridized carbons (Fsp3) is 0.294. The Morgan fingerprint density at radius 2 is 2.04 bits per heavy atom. The molecule has 1 unspecified atom stereocenters. The fourth-order valence-electron chi connectivity index (χ4n) is 2.07. The summed E-state index contributed by atoms with van der Waals surface area (Å²) in [5, 5.41) is 8.66. The maximum atomic E-state index is 11.9. The van der Waals surface area contributed by atoms with Crippen molar-refractivity contribution in [3.8, 4) is 0 Å². The molecule has 3 N–H and O–H groups in total. The number of hydrogen-bond acceptors (Lipinski definition) is 3. The van der Waals surface area contributed by atoms with Gasteiger partial charge < -0.3 is 20.4 Å². The van der Waals surface area contributed by atoms with Gasteiger partial charge in [0.25, 0.3) is 0 Å². The van der Waals surface area contributed by atoms with Crippen LogP contribution in [0.2, 0.25) is 5.02 Å². The summed E-state index contributed by atoms with van der Waals surface area (Å²) >= 11 is 5.91. The van der Waals surface area contributed by atoms with E-state index >= 15 is 0 Å². The Bertz CT molecular complexity index is 673. The molecule has 24 heavy (non-hydrogen) atoms. The van der Waals surface area contributed by atoms with Crippen molar-refractivity contribution in [3.05, 3.63) is 59.0 Å². The zero-order valence-electron chi connectivity index (χ0n) is 13.3. The van der Waals surface area contributed by atoms with Crippen LogP contribution in [0, 0.1) is 0 Å². The number of benzene rings is 1. The monoisotopic (exact) mass is 349 g/mol. The molecule has 2 rings (SSSR count). The summed E-state index contributed by atoms with van der Waals surface area (Å²) in [6, 6.07) is 9.93. The molecular formula is C17H20ClN3O3. The molecule has 1 atom stereocenters. The van der Waals surface area contributed by atoms with Crippen molar-refractivity contribution in [2.24, 2.45) is 0 Å². The van der Waals surface area contributed by atoms with Gasteiger partial charge in [0.1, 0.15) is 11.8 Å². The van der Waals surface area contributed by atoms with Crippen LogP contribution in [0.5, 0.6) is 0 Å². The van der Waals surface area contributed by atoms with E-state index in [1.165, 1.54) is 6.26 Å². The van der Waals surface area contributed by atoms with E-state index in [2.05, 4.69) is 16.0 Å². The topological polar surface area (TPSA) is 83.4 Å². The molecule has 0 saturated heterocycles. The molecule has 1 aromatic heterocycles. The van der Waals surface area contributed by atoms with Crippen molar-refractivity contribution >= 4 is 23.5 Å². The lowest BCUT2D eigenvalue weighted by molar-refractivity contribution is -0.122. The first-order valence-electron chi connectivity index (χ1n) is 7.63. The van der Waals surface area contributed by atoms with E-state index in [1.54, 1.807) is 25.1 Å². The first-order valence-corrected chi connectivity index (χ1v) is 8.01. The highest BCUT2D eigenvalue weighted by Gasteiger charge is 2.15. The summed E-state index contributed by atoms with van der Waals surface area (Å²) in [6.45, 7) is 2.36. The molecule has 7 heteroatoms. The van der Waals surface area contributed by atoms with Gasteiger partial charge in [-0.3, -0.25) is 4.79 Å². The van der Waals surface area contributed by atoms with Crippen LogP contribution in [0.25, 0.3) is 0 Å². The van der Waals surface area contributed by atoms with Crippen LogP contribution >= 0.6 is 11.6 Å². The summed E-state index contributed by atoms with van der Waals surface area (Å²) in [7, 11) is 0. The molecule has 1 heterocycles. The average molecular weight is 350 g/mol. The summed E-state index contributed by atoms with van der Waals surface area (Å²) in [4.78, 5) is 23.7. The lowest BCUT2D eigenvalue weighted by atomic mass is 10.1. The lowest BCUT2D eigenvalue weighted by Gasteiger charge is -2.14. The number of hydrogen-bond donors (Lipinski definition) is 3. The summed E-state index contributed by atoms with van der Waals surface area (Å²) in [5.41, 5.74) is 1.03. The van der Waals surface area contributed by atoms with Crippen molar-refractivity contribution in [2.45, 2.75) is 25.9 Å². The molecule has 3 amide bonds. The Kier molecular flexibility index (Phi) is 6.69. The second-order valence-electron chi connectivity index (χ2n) is 5.30. The largest absolute Gasteiger partial charge is 0.467 e. The third kappa shape index (κ3) is 5.96. The average Bonchev–Trinajstić information content (AvgIpc) is 3.06. The molecule has 0 radical (unpaired) electrons. The van der Waals surface area contributed by atoms with Gasteiger partial charge in [0.15, 0.2) is 0 Å². The van der Waals surface area contributed by atoms with Crippen LogP contribution in [0.4, 0.5) is 4.79 Å². The van der Waals surface area contributed by atoms with E-state index in [-0.39, 0.29) is 12.5 Å². The van der Waals surface area contributed by atoms with Crippen LogP contribution in [0.1, 0.15) is 18.2 Å². The molecule has 128 valence electrons. The zero-order chi connectivity index (χ0) is 17.4. The van der Waals surface area contributed by atoms with Crippen molar-refractivity contribution in [1.29, 1.82) is 0 Å². The smallest absolute Gasteiger partial charge is 0.315 e. The standard InChI is InChI=1S/C17H20ClN3O3/c1-12(16(22)20-11-15-6-3-9-24-15)21-17(23)19-8-7-13-4-2-5-14(18)10-13/h2-6,9-10,12H,7-8,11H2,1H3,(H,20,22)(H2,19,21,23). The molecule has 0 aliphatic carbocycles. The van der Waals surface area contributed by atoms with E-state index in [1.807, 2.05) is 18.2 Å². The summed E-state index contributed by atoms with van der Waals surface area (Å²) < 4.78 is 5.12. The molecule has 0 fully saturated rings. The number of carbonyl (C=O) groups is 2. The molecule has 0 spiro atoms. The molecule has 1 aromatic carbocycles. The van der Waals surface area contributed by atoms with Crippen molar-refractivity contribution < 1.29 is 14.0 Å². The van der Waals surface area contributed by atoms with Gasteiger partial charge in [0, 0.05) is 11.6 Å². The Hall–Kier alpha value is -2.47. The number of furan rings is 1. The summed E-state index contributed by atoms with van der Waals surface area (Å²) in [5.74, 6) is 0.373.